The first-order chi connectivity index (χ1) is 36.3. The number of hydrogen-bond acceptors (Lipinski definition) is 4. The average Bonchev–Trinajstić information content (AvgIpc) is 3.91. The highest BCUT2D eigenvalue weighted by Crippen LogP contribution is 2.56. The summed E-state index contributed by atoms with van der Waals surface area (Å²) in [5, 5.41) is 2.50. The maximum atomic E-state index is 9.39. The second-order valence-corrected chi connectivity index (χ2v) is 26.9. The summed E-state index contributed by atoms with van der Waals surface area (Å²) in [6, 6.07) is 56.1. The van der Waals surface area contributed by atoms with E-state index in [0.717, 1.165) is 75.9 Å². The molecule has 0 spiro atoms. The van der Waals surface area contributed by atoms with Crippen LogP contribution in [-0.4, -0.2) is 6.71 Å². The zero-order valence-electron chi connectivity index (χ0n) is 48.4. The lowest BCUT2D eigenvalue weighted by molar-refractivity contribution is 0.332. The maximum absolute atomic E-state index is 9.39. The van der Waals surface area contributed by atoms with Gasteiger partial charge in [-0.1, -0.05) is 155 Å². The van der Waals surface area contributed by atoms with Crippen LogP contribution in [0, 0.1) is 13.8 Å². The number of benzene rings is 8. The van der Waals surface area contributed by atoms with Gasteiger partial charge in [0.25, 0.3) is 6.71 Å². The van der Waals surface area contributed by atoms with Crippen LogP contribution in [-0.2, 0) is 27.1 Å². The van der Waals surface area contributed by atoms with Crippen molar-refractivity contribution in [2.24, 2.45) is 0 Å². The molecule has 2 aliphatic carbocycles. The summed E-state index contributed by atoms with van der Waals surface area (Å²) >= 11 is 1.84. The minimum Gasteiger partial charge on any atom is -0.311 e. The van der Waals surface area contributed by atoms with Gasteiger partial charge < -0.3 is 14.7 Å². The van der Waals surface area contributed by atoms with Crippen molar-refractivity contribution < 1.29 is 4.11 Å². The highest BCUT2D eigenvalue weighted by Gasteiger charge is 2.49. The van der Waals surface area contributed by atoms with Gasteiger partial charge in [-0.05, 0) is 188 Å². The van der Waals surface area contributed by atoms with Gasteiger partial charge in [-0.25, -0.2) is 0 Å². The quantitative estimate of drug-likeness (QED) is 0.159. The summed E-state index contributed by atoms with van der Waals surface area (Å²) in [5.41, 5.74) is 21.0. The number of thiophene rings is 1. The fourth-order valence-corrected chi connectivity index (χ4v) is 15.5. The zero-order chi connectivity index (χ0) is 54.1. The number of fused-ring (bicyclic) bond motifs is 9. The molecular formula is C69H70BN3S. The van der Waals surface area contributed by atoms with Crippen LogP contribution in [0.15, 0.2) is 152 Å². The normalized spacial score (nSPS) is 18.2. The molecule has 5 heteroatoms. The molecule has 0 unspecified atom stereocenters. The summed E-state index contributed by atoms with van der Waals surface area (Å²) in [6.45, 7) is 25.9. The van der Waals surface area contributed by atoms with Crippen molar-refractivity contribution in [2.75, 3.05) is 14.7 Å². The van der Waals surface area contributed by atoms with Crippen molar-refractivity contribution in [3.63, 3.8) is 0 Å². The molecule has 3 heterocycles. The smallest absolute Gasteiger partial charge is 0.252 e. The van der Waals surface area contributed by atoms with E-state index in [9.17, 15) is 4.11 Å². The topological polar surface area (TPSA) is 9.72 Å². The highest BCUT2D eigenvalue weighted by atomic mass is 32.1. The summed E-state index contributed by atoms with van der Waals surface area (Å²) in [5.74, 6) is 0. The molecule has 0 fully saturated rings. The lowest BCUT2D eigenvalue weighted by Gasteiger charge is -2.47. The molecule has 0 atom stereocenters. The van der Waals surface area contributed by atoms with E-state index in [4.69, 9.17) is 0 Å². The number of rotatable bonds is 5. The van der Waals surface area contributed by atoms with E-state index in [2.05, 4.69) is 237 Å². The Hall–Kier alpha value is -6.56. The first kappa shape index (κ1) is 43.8. The van der Waals surface area contributed by atoms with E-state index >= 15 is 0 Å². The minimum atomic E-state index is -2.41. The number of anilines is 9. The molecular weight excluding hydrogens is 914 g/mol. The molecule has 74 heavy (non-hydrogen) atoms. The molecule has 0 N–H and O–H groups in total. The molecule has 3 nitrogen and oxygen atoms in total. The molecule has 0 saturated heterocycles. The van der Waals surface area contributed by atoms with Gasteiger partial charge in [0.05, 0.1) is 10.4 Å². The molecule has 370 valence electrons. The van der Waals surface area contributed by atoms with E-state index in [-0.39, 0.29) is 33.8 Å². The number of aryl methyl sites for hydroxylation is 2. The number of nitrogens with zero attached hydrogens (tertiary/aromatic N) is 3. The third kappa shape index (κ3) is 6.97. The molecule has 2 aliphatic heterocycles. The van der Waals surface area contributed by atoms with Crippen molar-refractivity contribution in [2.45, 2.75) is 136 Å². The summed E-state index contributed by atoms with van der Waals surface area (Å²) in [4.78, 5) is 7.33. The Labute approximate surface area is 449 Å². The average molecular weight is 987 g/mol. The lowest BCUT2D eigenvalue weighted by atomic mass is 9.33. The Morgan fingerprint density at radius 1 is 0.527 bits per heavy atom. The van der Waals surface area contributed by atoms with Gasteiger partial charge in [-0.2, -0.15) is 0 Å². The van der Waals surface area contributed by atoms with Gasteiger partial charge in [0.15, 0.2) is 0 Å². The minimum absolute atomic E-state index is 0.0238. The largest absolute Gasteiger partial charge is 0.311 e. The van der Waals surface area contributed by atoms with Gasteiger partial charge in [-0.15, -0.1) is 11.3 Å². The third-order valence-electron chi connectivity index (χ3n) is 17.8. The summed E-state index contributed by atoms with van der Waals surface area (Å²) in [6.07, 6.45) is 3.25. The zero-order valence-corrected chi connectivity index (χ0v) is 46.2. The van der Waals surface area contributed by atoms with Crippen LogP contribution >= 0.6 is 11.3 Å². The monoisotopic (exact) mass is 987 g/mol. The predicted octanol–water partition coefficient (Wildman–Crippen LogP) is 17.8. The Bertz CT molecular complexity index is 3880. The van der Waals surface area contributed by atoms with Crippen LogP contribution < -0.4 is 31.1 Å². The maximum Gasteiger partial charge on any atom is 0.252 e. The van der Waals surface area contributed by atoms with Crippen molar-refractivity contribution in [1.29, 1.82) is 0 Å². The Balaban J connectivity index is 1.19. The van der Waals surface area contributed by atoms with E-state index < -0.39 is 6.85 Å². The summed E-state index contributed by atoms with van der Waals surface area (Å²) in [7, 11) is 0. The van der Waals surface area contributed by atoms with Gasteiger partial charge >= 0.3 is 0 Å². The Kier molecular flexibility index (Phi) is 9.46. The second-order valence-electron chi connectivity index (χ2n) is 25.8. The van der Waals surface area contributed by atoms with Crippen LogP contribution in [0.25, 0.3) is 20.2 Å². The summed E-state index contributed by atoms with van der Waals surface area (Å²) < 4.78 is 30.6. The van der Waals surface area contributed by atoms with Crippen LogP contribution in [0.4, 0.5) is 51.2 Å². The molecule has 0 amide bonds. The first-order valence-corrected chi connectivity index (χ1v) is 27.8. The second kappa shape index (κ2) is 16.0. The SMILES string of the molecule is [2H]C([2H])([2H])c1cc2c3c(c1)N(c1ccc(C(C)(C)C)c4c1sc1ccccc14)c1cc(N(c4ccccc4)c4ccccc4)ccc1B3c1cc3c(cc1N2c1cc2c(cc1C)C(C)(C)CCC2(C)C)C(C)(C)CC3(C)C. The number of hydrogen-bond donors (Lipinski definition) is 0. The standard InChI is InChI=1S/C69H70BN3S/c1-42-34-59-63-60(35-42)73(56-39-51-49(36-43(56)2)66(6,7)32-33-67(51,8)9)58-40-52-50(68(10,11)41-69(52,12)13)38-54(58)70(63)53-30-28-46(71(44-22-16-14-17-23-44)45-24-18-15-19-25-45)37-57(53)72(59)55-31-29-48(65(3,4)5)62-47-26-20-21-27-61(47)74-64(55)62/h14-31,34-40H,32-33,41H2,1-13H3/i1D3. The van der Waals surface area contributed by atoms with Gasteiger partial charge in [0.1, 0.15) is 0 Å². The Morgan fingerprint density at radius 3 is 1.72 bits per heavy atom. The molecule has 9 aromatic rings. The van der Waals surface area contributed by atoms with Crippen molar-refractivity contribution in [3.8, 4) is 0 Å². The Morgan fingerprint density at radius 2 is 1.08 bits per heavy atom. The number of para-hydroxylation sites is 2. The highest BCUT2D eigenvalue weighted by molar-refractivity contribution is 7.26. The van der Waals surface area contributed by atoms with Gasteiger partial charge in [-0.3, -0.25) is 0 Å². The van der Waals surface area contributed by atoms with E-state index in [1.54, 1.807) is 0 Å². The first-order valence-electron chi connectivity index (χ1n) is 28.5. The molecule has 4 aliphatic rings. The molecule has 8 aromatic carbocycles. The van der Waals surface area contributed by atoms with E-state index in [1.165, 1.54) is 64.5 Å². The molecule has 0 saturated carbocycles. The van der Waals surface area contributed by atoms with Crippen LogP contribution in [0.2, 0.25) is 0 Å². The molecule has 1 aromatic heterocycles. The van der Waals surface area contributed by atoms with Gasteiger partial charge in [0.2, 0.25) is 0 Å². The van der Waals surface area contributed by atoms with E-state index in [1.807, 2.05) is 23.5 Å². The molecule has 13 rings (SSSR count). The lowest BCUT2D eigenvalue weighted by Crippen LogP contribution is -2.61. The van der Waals surface area contributed by atoms with Crippen molar-refractivity contribution in [3.05, 3.63) is 191 Å². The predicted molar refractivity (Wildman–Crippen MR) is 322 cm³/mol. The fraction of sp³-hybridized carbons (Fsp3) is 0.304. The van der Waals surface area contributed by atoms with E-state index in [0.29, 0.717) is 5.56 Å². The third-order valence-corrected chi connectivity index (χ3v) is 19.0. The van der Waals surface area contributed by atoms with Crippen LogP contribution in [0.5, 0.6) is 0 Å². The van der Waals surface area contributed by atoms with Crippen molar-refractivity contribution in [1.82, 2.24) is 0 Å². The van der Waals surface area contributed by atoms with Crippen LogP contribution in [0.1, 0.15) is 138 Å². The molecule has 0 radical (unpaired) electrons. The molecule has 0 bridgehead atoms. The van der Waals surface area contributed by atoms with Crippen LogP contribution in [0.3, 0.4) is 0 Å². The fourth-order valence-electron chi connectivity index (χ4n) is 14.3. The van der Waals surface area contributed by atoms with Crippen molar-refractivity contribution >= 4 is 106 Å². The van der Waals surface area contributed by atoms with Gasteiger partial charge in [0, 0.05) is 65.1 Å².